The highest BCUT2D eigenvalue weighted by Crippen LogP contribution is 2.23. The summed E-state index contributed by atoms with van der Waals surface area (Å²) in [7, 11) is 1.69. The van der Waals surface area contributed by atoms with Crippen molar-refractivity contribution in [1.82, 2.24) is 9.55 Å². The number of aromatic amines is 1. The second-order valence-corrected chi connectivity index (χ2v) is 5.31. The summed E-state index contributed by atoms with van der Waals surface area (Å²) in [5.74, 6) is 6.33. The maximum Gasteiger partial charge on any atom is 0.274 e. The number of aryl methyl sites for hydroxylation is 2. The van der Waals surface area contributed by atoms with E-state index in [0.29, 0.717) is 27.7 Å². The van der Waals surface area contributed by atoms with E-state index >= 15 is 0 Å². The average Bonchev–Trinajstić information content (AvgIpc) is 2.69. The first-order valence-electron chi connectivity index (χ1n) is 6.57. The molecular formula is C16H18N2O2. The van der Waals surface area contributed by atoms with Gasteiger partial charge in [0.15, 0.2) is 5.78 Å². The number of ketones is 1. The van der Waals surface area contributed by atoms with Crippen LogP contribution in [0.3, 0.4) is 0 Å². The Hall–Kier alpha value is -2.28. The number of carbonyl (C=O) groups is 1. The molecule has 0 aliphatic rings. The van der Waals surface area contributed by atoms with Crippen LogP contribution in [-0.2, 0) is 7.05 Å². The van der Waals surface area contributed by atoms with Gasteiger partial charge in [0, 0.05) is 35.8 Å². The molecule has 0 radical (unpaired) electrons. The molecule has 2 rings (SSSR count). The van der Waals surface area contributed by atoms with Crippen molar-refractivity contribution < 1.29 is 4.79 Å². The van der Waals surface area contributed by atoms with Crippen LogP contribution in [0.5, 0.6) is 0 Å². The molecular weight excluding hydrogens is 252 g/mol. The smallest absolute Gasteiger partial charge is 0.274 e. The normalized spacial score (nSPS) is 10.7. The van der Waals surface area contributed by atoms with Crippen LogP contribution in [0.15, 0.2) is 11.0 Å². The molecule has 0 saturated heterocycles. The van der Waals surface area contributed by atoms with Crippen LogP contribution in [0.1, 0.15) is 42.4 Å². The number of hydrogen-bond donors (Lipinski definition) is 1. The van der Waals surface area contributed by atoms with Gasteiger partial charge in [0.1, 0.15) is 5.52 Å². The summed E-state index contributed by atoms with van der Waals surface area (Å²) in [5.41, 5.74) is 2.29. The fraction of sp³-hybridized carbons (Fsp3) is 0.375. The summed E-state index contributed by atoms with van der Waals surface area (Å²) in [5, 5.41) is 0.645. The number of fused-ring (bicyclic) bond motifs is 1. The second-order valence-electron chi connectivity index (χ2n) is 5.31. The van der Waals surface area contributed by atoms with E-state index in [0.717, 1.165) is 0 Å². The average molecular weight is 270 g/mol. The maximum absolute atomic E-state index is 12.2. The predicted molar refractivity (Wildman–Crippen MR) is 80.0 cm³/mol. The molecule has 0 fully saturated rings. The molecule has 0 aromatic carbocycles. The highest BCUT2D eigenvalue weighted by molar-refractivity contribution is 6.09. The van der Waals surface area contributed by atoms with Crippen molar-refractivity contribution in [1.29, 1.82) is 0 Å². The number of aromatic nitrogens is 2. The van der Waals surface area contributed by atoms with Crippen LogP contribution in [0.4, 0.5) is 0 Å². The second kappa shape index (κ2) is 5.01. The molecule has 2 aromatic rings. The highest BCUT2D eigenvalue weighted by atomic mass is 16.1. The van der Waals surface area contributed by atoms with Gasteiger partial charge in [0.2, 0.25) is 0 Å². The van der Waals surface area contributed by atoms with Crippen molar-refractivity contribution in [3.8, 4) is 11.8 Å². The standard InChI is InChI=1S/C16H18N2O2/c1-9(2)6-7-12-8-18(5)16(20)15-14(12)13(11(4)19)10(3)17-15/h8-9,17H,1-5H3. The van der Waals surface area contributed by atoms with Gasteiger partial charge in [0.05, 0.1) is 5.56 Å². The summed E-state index contributed by atoms with van der Waals surface area (Å²) in [6, 6.07) is 0. The van der Waals surface area contributed by atoms with Crippen LogP contribution in [0, 0.1) is 24.7 Å². The molecule has 0 atom stereocenters. The quantitative estimate of drug-likeness (QED) is 0.639. The first kappa shape index (κ1) is 14.1. The van der Waals surface area contributed by atoms with Gasteiger partial charge in [-0.25, -0.2) is 0 Å². The fourth-order valence-corrected chi connectivity index (χ4v) is 2.30. The molecule has 4 heteroatoms. The van der Waals surface area contributed by atoms with Gasteiger partial charge in [0.25, 0.3) is 5.56 Å². The third-order valence-electron chi connectivity index (χ3n) is 3.16. The lowest BCUT2D eigenvalue weighted by Crippen LogP contribution is -2.17. The summed E-state index contributed by atoms with van der Waals surface area (Å²) in [6.07, 6.45) is 1.69. The number of hydrogen-bond acceptors (Lipinski definition) is 2. The zero-order chi connectivity index (χ0) is 15.0. The van der Waals surface area contributed by atoms with Gasteiger partial charge in [-0.1, -0.05) is 25.7 Å². The van der Waals surface area contributed by atoms with Gasteiger partial charge in [-0.05, 0) is 13.8 Å². The number of H-pyrrole nitrogens is 1. The van der Waals surface area contributed by atoms with Gasteiger partial charge in [-0.3, -0.25) is 9.59 Å². The zero-order valence-electron chi connectivity index (χ0n) is 12.4. The van der Waals surface area contributed by atoms with Gasteiger partial charge < -0.3 is 9.55 Å². The fourth-order valence-electron chi connectivity index (χ4n) is 2.30. The summed E-state index contributed by atoms with van der Waals surface area (Å²) >= 11 is 0. The van der Waals surface area contributed by atoms with E-state index in [1.165, 1.54) is 11.5 Å². The molecule has 0 unspecified atom stereocenters. The number of carbonyl (C=O) groups excluding carboxylic acids is 1. The molecule has 2 heterocycles. The molecule has 0 amide bonds. The Balaban J connectivity index is 2.95. The van der Waals surface area contributed by atoms with Crippen LogP contribution in [0.25, 0.3) is 10.9 Å². The molecule has 0 bridgehead atoms. The maximum atomic E-state index is 12.2. The van der Waals surface area contributed by atoms with Gasteiger partial charge in [-0.2, -0.15) is 0 Å². The van der Waals surface area contributed by atoms with E-state index in [1.807, 2.05) is 13.8 Å². The summed E-state index contributed by atoms with van der Waals surface area (Å²) < 4.78 is 1.49. The first-order chi connectivity index (χ1) is 9.32. The lowest BCUT2D eigenvalue weighted by Gasteiger charge is -2.02. The van der Waals surface area contributed by atoms with Gasteiger partial charge >= 0.3 is 0 Å². The monoisotopic (exact) mass is 270 g/mol. The van der Waals surface area contributed by atoms with E-state index in [2.05, 4.69) is 16.8 Å². The minimum absolute atomic E-state index is 0.0606. The van der Waals surface area contributed by atoms with E-state index in [1.54, 1.807) is 20.2 Å². The largest absolute Gasteiger partial charge is 0.353 e. The van der Waals surface area contributed by atoms with Crippen molar-refractivity contribution in [3.05, 3.63) is 33.4 Å². The lowest BCUT2D eigenvalue weighted by atomic mass is 10.0. The topological polar surface area (TPSA) is 54.9 Å². The predicted octanol–water partition coefficient (Wildman–Crippen LogP) is 2.39. The Morgan fingerprint density at radius 2 is 2.05 bits per heavy atom. The third-order valence-corrected chi connectivity index (χ3v) is 3.16. The van der Waals surface area contributed by atoms with Crippen molar-refractivity contribution in [2.24, 2.45) is 13.0 Å². The Labute approximate surface area is 117 Å². The Bertz CT molecular complexity index is 811. The number of nitrogens with zero attached hydrogens (tertiary/aromatic N) is 1. The number of rotatable bonds is 1. The van der Waals surface area contributed by atoms with Crippen LogP contribution < -0.4 is 5.56 Å². The zero-order valence-corrected chi connectivity index (χ0v) is 12.4. The molecule has 2 aromatic heterocycles. The van der Waals surface area contributed by atoms with Crippen molar-refractivity contribution in [2.75, 3.05) is 0 Å². The van der Waals surface area contributed by atoms with E-state index in [9.17, 15) is 9.59 Å². The minimum Gasteiger partial charge on any atom is -0.353 e. The molecule has 1 N–H and O–H groups in total. The Kier molecular flexibility index (Phi) is 3.54. The number of pyridine rings is 1. The van der Waals surface area contributed by atoms with Crippen LogP contribution in [-0.4, -0.2) is 15.3 Å². The highest BCUT2D eigenvalue weighted by Gasteiger charge is 2.18. The molecule has 20 heavy (non-hydrogen) atoms. The molecule has 0 spiro atoms. The SMILES string of the molecule is CC(=O)c1c(C)[nH]c2c(=O)n(C)cc(C#CC(C)C)c12. The summed E-state index contributed by atoms with van der Waals surface area (Å²) in [4.78, 5) is 27.1. The molecule has 4 nitrogen and oxygen atoms in total. The Morgan fingerprint density at radius 1 is 1.40 bits per heavy atom. The molecule has 0 aliphatic carbocycles. The van der Waals surface area contributed by atoms with Crippen molar-refractivity contribution >= 4 is 16.7 Å². The third kappa shape index (κ3) is 2.27. The first-order valence-corrected chi connectivity index (χ1v) is 6.57. The lowest BCUT2D eigenvalue weighted by molar-refractivity contribution is 0.101. The molecule has 0 saturated carbocycles. The number of Topliss-reactive ketones (excluding diaryl/α,β-unsaturated/α-hetero) is 1. The van der Waals surface area contributed by atoms with E-state index in [-0.39, 0.29) is 17.3 Å². The molecule has 0 aliphatic heterocycles. The molecule has 104 valence electrons. The van der Waals surface area contributed by atoms with Crippen molar-refractivity contribution in [3.63, 3.8) is 0 Å². The van der Waals surface area contributed by atoms with Crippen LogP contribution >= 0.6 is 0 Å². The summed E-state index contributed by atoms with van der Waals surface area (Å²) in [6.45, 7) is 7.31. The van der Waals surface area contributed by atoms with E-state index in [4.69, 9.17) is 0 Å². The van der Waals surface area contributed by atoms with Gasteiger partial charge in [-0.15, -0.1) is 0 Å². The Morgan fingerprint density at radius 3 is 2.60 bits per heavy atom. The van der Waals surface area contributed by atoms with Crippen LogP contribution in [0.2, 0.25) is 0 Å². The van der Waals surface area contributed by atoms with E-state index < -0.39 is 0 Å². The minimum atomic E-state index is -0.148. The number of nitrogens with one attached hydrogen (secondary N) is 1. The van der Waals surface area contributed by atoms with Crippen molar-refractivity contribution in [2.45, 2.75) is 27.7 Å².